The van der Waals surface area contributed by atoms with Gasteiger partial charge in [0.25, 0.3) is 5.56 Å². The Kier molecular flexibility index (Phi) is 4.89. The van der Waals surface area contributed by atoms with Gasteiger partial charge in [-0.25, -0.2) is 14.6 Å². The lowest BCUT2D eigenvalue weighted by molar-refractivity contribution is -0.686. The Morgan fingerprint density at radius 1 is 1.22 bits per heavy atom. The number of carbonyl (C=O) groups is 2. The van der Waals surface area contributed by atoms with Crippen LogP contribution in [0.4, 0.5) is 0 Å². The fourth-order valence-corrected chi connectivity index (χ4v) is 5.06. The topological polar surface area (TPSA) is 112 Å². The number of carbonyl (C=O) groups excluding carboxylic acids is 2. The molecule has 0 amide bonds. The van der Waals surface area contributed by atoms with E-state index >= 15 is 0 Å². The van der Waals surface area contributed by atoms with E-state index in [0.29, 0.717) is 23.5 Å². The van der Waals surface area contributed by atoms with Crippen molar-refractivity contribution in [3.05, 3.63) is 88.0 Å². The first-order valence-corrected chi connectivity index (χ1v) is 11.6. The van der Waals surface area contributed by atoms with Gasteiger partial charge in [0.15, 0.2) is 11.9 Å². The Morgan fingerprint density at radius 3 is 2.86 bits per heavy atom. The molecule has 1 atom stereocenters. The van der Waals surface area contributed by atoms with E-state index < -0.39 is 17.5 Å². The number of esters is 2. The molecule has 0 bridgehead atoms. The third-order valence-electron chi connectivity index (χ3n) is 6.83. The highest BCUT2D eigenvalue weighted by Crippen LogP contribution is 2.40. The maximum absolute atomic E-state index is 13.6. The average Bonchev–Trinajstić information content (AvgIpc) is 3.22. The molecule has 0 saturated heterocycles. The Bertz CT molecular complexity index is 1640. The molecule has 0 fully saturated rings. The lowest BCUT2D eigenvalue weighted by Crippen LogP contribution is -2.49. The Hall–Kier alpha value is -4.53. The van der Waals surface area contributed by atoms with E-state index in [-0.39, 0.29) is 36.4 Å². The van der Waals surface area contributed by atoms with Gasteiger partial charge < -0.3 is 19.1 Å². The van der Waals surface area contributed by atoms with Crippen LogP contribution in [0.1, 0.15) is 30.0 Å². The number of fused-ring (bicyclic) bond motifs is 5. The molecule has 5 heterocycles. The first kappa shape index (κ1) is 22.0. The molecule has 1 aromatic carbocycles. The summed E-state index contributed by atoms with van der Waals surface area (Å²) < 4.78 is 14.2. The zero-order valence-electron chi connectivity index (χ0n) is 19.4. The summed E-state index contributed by atoms with van der Waals surface area (Å²) in [4.78, 5) is 44.4. The number of para-hydroxylation sites is 1. The van der Waals surface area contributed by atoms with Crippen LogP contribution in [0.3, 0.4) is 0 Å². The fraction of sp³-hybridized carbons (Fsp3) is 0.222. The number of hydrogen-bond acceptors (Lipinski definition) is 7. The molecule has 180 valence electrons. The minimum absolute atomic E-state index is 0.0137. The summed E-state index contributed by atoms with van der Waals surface area (Å²) in [6.45, 7) is 1.63. The van der Waals surface area contributed by atoms with Crippen molar-refractivity contribution in [2.24, 2.45) is 0 Å². The third-order valence-corrected chi connectivity index (χ3v) is 6.83. The van der Waals surface area contributed by atoms with E-state index in [0.717, 1.165) is 16.5 Å². The Balaban J connectivity index is 1.46. The van der Waals surface area contributed by atoms with Crippen molar-refractivity contribution in [1.82, 2.24) is 9.55 Å². The standard InChI is InChI=1S/C27H21N3O6/c1-2-27(36-23(32)14-29-9-5-7-18(31)13-29)20-11-22-24-17(10-16-6-3-4-8-21(16)28-24)12-30(22)25(33)19(20)15-35-26(27)34/h3-11,13H,2,12,14-15H2,1H3/p+1/t27-/m0/s1. The SMILES string of the molecule is CC[C@@]1(OC(=O)C[n+]2cccc(O)c2)C(=O)OCc2c1cc1n(c2=O)Cc2cc3ccccc3nc2-1. The number of hydrogen-bond donors (Lipinski definition) is 1. The minimum atomic E-state index is -1.77. The number of ether oxygens (including phenoxy) is 2. The number of benzene rings is 1. The summed E-state index contributed by atoms with van der Waals surface area (Å²) in [5, 5.41) is 10.7. The second-order valence-electron chi connectivity index (χ2n) is 8.97. The van der Waals surface area contributed by atoms with Crippen LogP contribution in [0.2, 0.25) is 0 Å². The fourth-order valence-electron chi connectivity index (χ4n) is 5.06. The third kappa shape index (κ3) is 3.27. The summed E-state index contributed by atoms with van der Waals surface area (Å²) >= 11 is 0. The van der Waals surface area contributed by atoms with E-state index in [2.05, 4.69) is 0 Å². The predicted molar refractivity (Wildman–Crippen MR) is 127 cm³/mol. The van der Waals surface area contributed by atoms with Crippen LogP contribution in [0.25, 0.3) is 22.3 Å². The summed E-state index contributed by atoms with van der Waals surface area (Å²) in [7, 11) is 0. The van der Waals surface area contributed by atoms with E-state index in [4.69, 9.17) is 14.5 Å². The molecule has 2 aliphatic heterocycles. The van der Waals surface area contributed by atoms with Crippen LogP contribution in [0.5, 0.6) is 5.75 Å². The average molecular weight is 484 g/mol. The van der Waals surface area contributed by atoms with Gasteiger partial charge in [-0.2, -0.15) is 4.57 Å². The van der Waals surface area contributed by atoms with Crippen LogP contribution >= 0.6 is 0 Å². The molecular formula is C27H22N3O6+. The maximum atomic E-state index is 13.6. The minimum Gasteiger partial charge on any atom is -0.503 e. The van der Waals surface area contributed by atoms with Crippen molar-refractivity contribution in [3.8, 4) is 17.1 Å². The van der Waals surface area contributed by atoms with Gasteiger partial charge >= 0.3 is 11.9 Å². The molecule has 0 unspecified atom stereocenters. The van der Waals surface area contributed by atoms with E-state index in [1.54, 1.807) is 29.8 Å². The van der Waals surface area contributed by atoms with E-state index in [1.165, 1.54) is 16.8 Å². The van der Waals surface area contributed by atoms with Gasteiger partial charge in [0, 0.05) is 22.6 Å². The molecule has 6 rings (SSSR count). The first-order valence-electron chi connectivity index (χ1n) is 11.6. The molecule has 2 aliphatic rings. The second kappa shape index (κ2) is 8.01. The van der Waals surface area contributed by atoms with Gasteiger partial charge in [-0.3, -0.25) is 4.79 Å². The molecule has 0 radical (unpaired) electrons. The second-order valence-corrected chi connectivity index (χ2v) is 8.97. The Morgan fingerprint density at radius 2 is 2.06 bits per heavy atom. The van der Waals surface area contributed by atoms with Gasteiger partial charge in [-0.1, -0.05) is 25.1 Å². The van der Waals surface area contributed by atoms with Gasteiger partial charge in [0.1, 0.15) is 6.61 Å². The van der Waals surface area contributed by atoms with Gasteiger partial charge in [-0.15, -0.1) is 0 Å². The van der Waals surface area contributed by atoms with Crippen LogP contribution in [-0.4, -0.2) is 26.6 Å². The highest BCUT2D eigenvalue weighted by Gasteiger charge is 2.50. The van der Waals surface area contributed by atoms with Gasteiger partial charge in [0.2, 0.25) is 18.3 Å². The van der Waals surface area contributed by atoms with Gasteiger partial charge in [-0.05, 0) is 30.7 Å². The summed E-state index contributed by atoms with van der Waals surface area (Å²) in [5.41, 5.74) is 1.49. The largest absolute Gasteiger partial charge is 0.503 e. The highest BCUT2D eigenvalue weighted by atomic mass is 16.6. The van der Waals surface area contributed by atoms with Crippen LogP contribution in [0, 0.1) is 0 Å². The smallest absolute Gasteiger partial charge is 0.374 e. The molecule has 9 nitrogen and oxygen atoms in total. The van der Waals surface area contributed by atoms with Crippen molar-refractivity contribution >= 4 is 22.8 Å². The van der Waals surface area contributed by atoms with E-state index in [9.17, 15) is 19.5 Å². The number of pyridine rings is 3. The molecule has 1 N–H and O–H groups in total. The molecule has 3 aromatic heterocycles. The van der Waals surface area contributed by atoms with Crippen LogP contribution < -0.4 is 10.1 Å². The lowest BCUT2D eigenvalue weighted by Gasteiger charge is -2.35. The van der Waals surface area contributed by atoms with Crippen molar-refractivity contribution in [1.29, 1.82) is 0 Å². The molecular weight excluding hydrogens is 462 g/mol. The maximum Gasteiger partial charge on any atom is 0.374 e. The molecule has 36 heavy (non-hydrogen) atoms. The van der Waals surface area contributed by atoms with Crippen molar-refractivity contribution in [2.45, 2.75) is 38.6 Å². The summed E-state index contributed by atoms with van der Waals surface area (Å²) in [5.74, 6) is -1.44. The monoisotopic (exact) mass is 484 g/mol. The number of nitrogens with zero attached hydrogens (tertiary/aromatic N) is 3. The summed E-state index contributed by atoms with van der Waals surface area (Å²) in [6, 6.07) is 14.5. The zero-order chi connectivity index (χ0) is 25.0. The first-order chi connectivity index (χ1) is 17.4. The van der Waals surface area contributed by atoms with Crippen molar-refractivity contribution in [2.75, 3.05) is 0 Å². The normalized spacial score (nSPS) is 17.8. The molecule has 4 aromatic rings. The zero-order valence-corrected chi connectivity index (χ0v) is 19.4. The molecule has 0 spiro atoms. The van der Waals surface area contributed by atoms with Crippen LogP contribution in [-0.2, 0) is 44.4 Å². The van der Waals surface area contributed by atoms with Gasteiger partial charge in [0.05, 0.1) is 29.0 Å². The molecule has 0 saturated carbocycles. The molecule has 0 aliphatic carbocycles. The van der Waals surface area contributed by atoms with Crippen LogP contribution in [0.15, 0.2) is 65.7 Å². The molecule has 9 heteroatoms. The lowest BCUT2D eigenvalue weighted by atomic mass is 9.85. The van der Waals surface area contributed by atoms with Crippen molar-refractivity contribution < 1.29 is 28.7 Å². The highest BCUT2D eigenvalue weighted by molar-refractivity contribution is 5.88. The van der Waals surface area contributed by atoms with E-state index in [1.807, 2.05) is 30.3 Å². The number of rotatable bonds is 4. The number of aromatic nitrogens is 3. The predicted octanol–water partition coefficient (Wildman–Crippen LogP) is 2.32. The quantitative estimate of drug-likeness (QED) is 0.308. The van der Waals surface area contributed by atoms with Crippen molar-refractivity contribution in [3.63, 3.8) is 0 Å². The number of cyclic esters (lactones) is 1. The Labute approximate surface area is 205 Å². The number of aromatic hydroxyl groups is 1. The summed E-state index contributed by atoms with van der Waals surface area (Å²) in [6.07, 6.45) is 3.05.